The lowest BCUT2D eigenvalue weighted by Crippen LogP contribution is -2.00. The zero-order chi connectivity index (χ0) is 13.0. The number of nitrogens with two attached hydrogens (primary N) is 1. The summed E-state index contributed by atoms with van der Waals surface area (Å²) in [5.41, 5.74) is 7.87. The molecule has 0 amide bonds. The Labute approximate surface area is 129 Å². The highest BCUT2D eigenvalue weighted by Crippen LogP contribution is 2.23. The minimum absolute atomic E-state index is 0.501. The second kappa shape index (κ2) is 6.54. The second-order valence-electron chi connectivity index (χ2n) is 3.87. The van der Waals surface area contributed by atoms with E-state index in [1.165, 1.54) is 3.57 Å². The van der Waals surface area contributed by atoms with Crippen molar-refractivity contribution in [1.82, 2.24) is 0 Å². The zero-order valence-electron chi connectivity index (χ0n) is 9.70. The van der Waals surface area contributed by atoms with Gasteiger partial charge in [-0.25, -0.2) is 0 Å². The van der Waals surface area contributed by atoms with Gasteiger partial charge in [0.25, 0.3) is 0 Å². The minimum atomic E-state index is 0.501. The molecule has 0 aliphatic carbocycles. The fraction of sp³-hybridized carbons (Fsp3) is 0.143. The largest absolute Gasteiger partial charge is 0.489 e. The highest BCUT2D eigenvalue weighted by molar-refractivity contribution is 14.1. The van der Waals surface area contributed by atoms with Crippen molar-refractivity contribution in [1.29, 1.82) is 0 Å². The SMILES string of the molecule is NCc1cc(OCc2ccc(I)cc2)ccc1Br. The molecule has 2 aromatic carbocycles. The molecule has 0 aliphatic rings. The average Bonchev–Trinajstić information content (AvgIpc) is 2.39. The van der Waals surface area contributed by atoms with E-state index in [-0.39, 0.29) is 0 Å². The Morgan fingerprint density at radius 2 is 1.83 bits per heavy atom. The van der Waals surface area contributed by atoms with Gasteiger partial charge >= 0.3 is 0 Å². The van der Waals surface area contributed by atoms with Gasteiger partial charge in [0.05, 0.1) is 0 Å². The maximum absolute atomic E-state index is 5.75. The molecule has 2 rings (SSSR count). The number of halogens is 2. The monoisotopic (exact) mass is 417 g/mol. The Kier molecular flexibility index (Phi) is 5.03. The van der Waals surface area contributed by atoms with Gasteiger partial charge in [-0.15, -0.1) is 0 Å². The highest BCUT2D eigenvalue weighted by atomic mass is 127. The van der Waals surface area contributed by atoms with Crippen LogP contribution in [0.3, 0.4) is 0 Å². The molecule has 0 atom stereocenters. The van der Waals surface area contributed by atoms with E-state index in [1.54, 1.807) is 0 Å². The molecular weight excluding hydrogens is 405 g/mol. The van der Waals surface area contributed by atoms with Crippen molar-refractivity contribution in [3.05, 3.63) is 61.6 Å². The molecule has 94 valence electrons. The van der Waals surface area contributed by atoms with Crippen molar-refractivity contribution in [3.63, 3.8) is 0 Å². The topological polar surface area (TPSA) is 35.2 Å². The number of hydrogen-bond acceptors (Lipinski definition) is 2. The number of benzene rings is 2. The molecule has 0 fully saturated rings. The molecule has 0 unspecified atom stereocenters. The summed E-state index contributed by atoms with van der Waals surface area (Å²) in [6.45, 7) is 1.07. The van der Waals surface area contributed by atoms with Crippen LogP contribution in [0, 0.1) is 3.57 Å². The first kappa shape index (κ1) is 13.8. The lowest BCUT2D eigenvalue weighted by atomic mass is 10.2. The summed E-state index contributed by atoms with van der Waals surface area (Å²) in [6.07, 6.45) is 0. The molecule has 0 radical (unpaired) electrons. The summed E-state index contributed by atoms with van der Waals surface area (Å²) in [6, 6.07) is 14.2. The summed E-state index contributed by atoms with van der Waals surface area (Å²) in [5.74, 6) is 0.845. The standard InChI is InChI=1S/C14H13BrINO/c15-14-6-5-13(7-11(14)8-17)18-9-10-1-3-12(16)4-2-10/h1-7H,8-9,17H2. The van der Waals surface area contributed by atoms with Gasteiger partial charge in [-0.3, -0.25) is 0 Å². The first-order valence-corrected chi connectivity index (χ1v) is 7.42. The van der Waals surface area contributed by atoms with Gasteiger partial charge in [-0.2, -0.15) is 0 Å². The summed E-state index contributed by atoms with van der Waals surface area (Å²) < 4.78 is 8.00. The Morgan fingerprint density at radius 1 is 1.11 bits per heavy atom. The van der Waals surface area contributed by atoms with E-state index in [9.17, 15) is 0 Å². The van der Waals surface area contributed by atoms with Gasteiger partial charge < -0.3 is 10.5 Å². The van der Waals surface area contributed by atoms with Crippen molar-refractivity contribution in [3.8, 4) is 5.75 Å². The number of ether oxygens (including phenoxy) is 1. The molecule has 0 heterocycles. The fourth-order valence-corrected chi connectivity index (χ4v) is 2.31. The Hall–Kier alpha value is -0.590. The smallest absolute Gasteiger partial charge is 0.120 e. The predicted molar refractivity (Wildman–Crippen MR) is 85.5 cm³/mol. The summed E-state index contributed by atoms with van der Waals surface area (Å²) in [4.78, 5) is 0. The van der Waals surface area contributed by atoms with Crippen LogP contribution < -0.4 is 10.5 Å². The van der Waals surface area contributed by atoms with Gasteiger partial charge in [-0.05, 0) is 64.0 Å². The molecule has 2 aromatic rings. The average molecular weight is 418 g/mol. The van der Waals surface area contributed by atoms with Crippen molar-refractivity contribution >= 4 is 38.5 Å². The van der Waals surface area contributed by atoms with Crippen LogP contribution in [0.1, 0.15) is 11.1 Å². The highest BCUT2D eigenvalue weighted by Gasteiger charge is 2.01. The van der Waals surface area contributed by atoms with E-state index in [0.717, 1.165) is 21.3 Å². The van der Waals surface area contributed by atoms with Gasteiger partial charge in [0, 0.05) is 14.6 Å². The van der Waals surface area contributed by atoms with Crippen LogP contribution in [0.4, 0.5) is 0 Å². The van der Waals surface area contributed by atoms with Gasteiger partial charge in [-0.1, -0.05) is 28.1 Å². The Morgan fingerprint density at radius 3 is 2.50 bits per heavy atom. The van der Waals surface area contributed by atoms with Crippen molar-refractivity contribution < 1.29 is 4.74 Å². The van der Waals surface area contributed by atoms with Crippen LogP contribution in [0.15, 0.2) is 46.9 Å². The normalized spacial score (nSPS) is 10.4. The van der Waals surface area contributed by atoms with E-state index >= 15 is 0 Å². The van der Waals surface area contributed by atoms with E-state index in [4.69, 9.17) is 10.5 Å². The van der Waals surface area contributed by atoms with Crippen LogP contribution in [-0.4, -0.2) is 0 Å². The maximum atomic E-state index is 5.75. The van der Waals surface area contributed by atoms with Crippen LogP contribution >= 0.6 is 38.5 Å². The summed E-state index contributed by atoms with van der Waals surface area (Å²) in [7, 11) is 0. The molecule has 0 aliphatic heterocycles. The first-order chi connectivity index (χ1) is 8.69. The molecule has 0 aromatic heterocycles. The van der Waals surface area contributed by atoms with Gasteiger partial charge in [0.1, 0.15) is 12.4 Å². The van der Waals surface area contributed by atoms with E-state index in [2.05, 4.69) is 62.8 Å². The van der Waals surface area contributed by atoms with Crippen molar-refractivity contribution in [2.45, 2.75) is 13.2 Å². The summed E-state index contributed by atoms with van der Waals surface area (Å²) in [5, 5.41) is 0. The lowest BCUT2D eigenvalue weighted by Gasteiger charge is -2.09. The fourth-order valence-electron chi connectivity index (χ4n) is 1.54. The van der Waals surface area contributed by atoms with Crippen molar-refractivity contribution in [2.75, 3.05) is 0 Å². The molecule has 0 saturated heterocycles. The van der Waals surface area contributed by atoms with Gasteiger partial charge in [0.2, 0.25) is 0 Å². The minimum Gasteiger partial charge on any atom is -0.489 e. The number of hydrogen-bond donors (Lipinski definition) is 1. The van der Waals surface area contributed by atoms with E-state index in [1.807, 2.05) is 18.2 Å². The van der Waals surface area contributed by atoms with Crippen LogP contribution in [0.25, 0.3) is 0 Å². The lowest BCUT2D eigenvalue weighted by molar-refractivity contribution is 0.306. The maximum Gasteiger partial charge on any atom is 0.120 e. The molecular formula is C14H13BrINO. The van der Waals surface area contributed by atoms with E-state index in [0.29, 0.717) is 13.2 Å². The quantitative estimate of drug-likeness (QED) is 0.760. The summed E-state index contributed by atoms with van der Waals surface area (Å²) >= 11 is 5.75. The Bertz CT molecular complexity index is 528. The van der Waals surface area contributed by atoms with E-state index < -0.39 is 0 Å². The van der Waals surface area contributed by atoms with Gasteiger partial charge in [0.15, 0.2) is 0 Å². The molecule has 0 bridgehead atoms. The van der Waals surface area contributed by atoms with Crippen LogP contribution in [0.2, 0.25) is 0 Å². The number of rotatable bonds is 4. The molecule has 2 nitrogen and oxygen atoms in total. The van der Waals surface area contributed by atoms with Crippen molar-refractivity contribution in [2.24, 2.45) is 5.73 Å². The predicted octanol–water partition coefficient (Wildman–Crippen LogP) is 4.09. The van der Waals surface area contributed by atoms with Crippen LogP contribution in [-0.2, 0) is 13.2 Å². The molecule has 2 N–H and O–H groups in total. The second-order valence-corrected chi connectivity index (χ2v) is 5.97. The third kappa shape index (κ3) is 3.70. The molecule has 0 saturated carbocycles. The third-order valence-electron chi connectivity index (χ3n) is 2.56. The first-order valence-electron chi connectivity index (χ1n) is 5.55. The Balaban J connectivity index is 2.04. The van der Waals surface area contributed by atoms with Crippen LogP contribution in [0.5, 0.6) is 5.75 Å². The third-order valence-corrected chi connectivity index (χ3v) is 4.05. The molecule has 0 spiro atoms. The zero-order valence-corrected chi connectivity index (χ0v) is 13.4. The molecule has 18 heavy (non-hydrogen) atoms. The molecule has 4 heteroatoms.